The van der Waals surface area contributed by atoms with Gasteiger partial charge < -0.3 is 20.1 Å². The number of carbonyl (C=O) groups is 1. The number of pyridine rings is 1. The number of terminal acetylenes is 1. The lowest BCUT2D eigenvalue weighted by molar-refractivity contribution is -0.117. The van der Waals surface area contributed by atoms with Gasteiger partial charge in [-0.2, -0.15) is 9.97 Å². The number of aliphatic hydroxyl groups is 1. The van der Waals surface area contributed by atoms with Crippen molar-refractivity contribution in [2.75, 3.05) is 38.2 Å². The van der Waals surface area contributed by atoms with Gasteiger partial charge in [-0.15, -0.1) is 6.42 Å². The number of nitrogens with one attached hydrogen (secondary N) is 1. The summed E-state index contributed by atoms with van der Waals surface area (Å²) < 4.78 is 52.5. The fourth-order valence-electron chi connectivity index (χ4n) is 6.86. The highest BCUT2D eigenvalue weighted by Gasteiger charge is 2.41. The van der Waals surface area contributed by atoms with Crippen LogP contribution in [0.4, 0.5) is 19.0 Å². The molecule has 2 saturated heterocycles. The minimum atomic E-state index is -1.01. The van der Waals surface area contributed by atoms with Crippen molar-refractivity contribution in [1.82, 2.24) is 25.2 Å². The van der Waals surface area contributed by atoms with Crippen molar-refractivity contribution in [1.29, 1.82) is 0 Å². The molecule has 12 heteroatoms. The maximum absolute atomic E-state index is 17.0. The first-order valence-electron chi connectivity index (χ1n) is 16.4. The number of hydrogen-bond donors (Lipinski definition) is 2. The molecule has 1 amide bonds. The molecule has 256 valence electrons. The number of amides is 1. The van der Waals surface area contributed by atoms with E-state index in [1.54, 1.807) is 19.1 Å². The van der Waals surface area contributed by atoms with Crippen LogP contribution in [0.1, 0.15) is 56.8 Å². The van der Waals surface area contributed by atoms with Gasteiger partial charge in [0.2, 0.25) is 5.91 Å². The Kier molecular flexibility index (Phi) is 9.51. The summed E-state index contributed by atoms with van der Waals surface area (Å²) in [5, 5.41) is 14.5. The van der Waals surface area contributed by atoms with E-state index in [1.807, 2.05) is 23.8 Å². The zero-order chi connectivity index (χ0) is 35.0. The average Bonchev–Trinajstić information content (AvgIpc) is 3.20. The second-order valence-electron chi connectivity index (χ2n) is 13.2. The second-order valence-corrected chi connectivity index (χ2v) is 13.2. The first kappa shape index (κ1) is 34.1. The lowest BCUT2D eigenvalue weighted by Crippen LogP contribution is -2.43. The summed E-state index contributed by atoms with van der Waals surface area (Å²) in [6.07, 6.45) is 9.10. The third-order valence-corrected chi connectivity index (χ3v) is 9.68. The predicted molar refractivity (Wildman–Crippen MR) is 183 cm³/mol. The van der Waals surface area contributed by atoms with Gasteiger partial charge in [0.15, 0.2) is 5.82 Å². The number of nitrogens with zero attached hydrogens (tertiary/aromatic N) is 5. The molecule has 2 fully saturated rings. The van der Waals surface area contributed by atoms with E-state index in [2.05, 4.69) is 27.8 Å². The number of aliphatic hydroxyl groups excluding tert-OH is 1. The molecule has 0 bridgehead atoms. The Morgan fingerprint density at radius 1 is 1.29 bits per heavy atom. The summed E-state index contributed by atoms with van der Waals surface area (Å²) in [7, 11) is 1.82. The number of fused-ring (bicyclic) bond motifs is 2. The molecule has 1 unspecified atom stereocenters. The van der Waals surface area contributed by atoms with Gasteiger partial charge in [-0.25, -0.2) is 13.2 Å². The van der Waals surface area contributed by atoms with E-state index in [-0.39, 0.29) is 65.3 Å². The van der Waals surface area contributed by atoms with Crippen LogP contribution < -0.4 is 15.0 Å². The Morgan fingerprint density at radius 2 is 2.08 bits per heavy atom. The summed E-state index contributed by atoms with van der Waals surface area (Å²) in [4.78, 5) is 29.8. The van der Waals surface area contributed by atoms with Crippen molar-refractivity contribution in [2.45, 2.75) is 63.4 Å². The number of hydrogen-bond acceptors (Lipinski definition) is 8. The second kappa shape index (κ2) is 13.6. The van der Waals surface area contributed by atoms with E-state index in [0.717, 1.165) is 19.3 Å². The summed E-state index contributed by atoms with van der Waals surface area (Å²) in [5.41, 5.74) is -0.285. The fourth-order valence-corrected chi connectivity index (χ4v) is 6.86. The quantitative estimate of drug-likeness (QED) is 0.184. The minimum Gasteiger partial charge on any atom is -0.461 e. The third-order valence-electron chi connectivity index (χ3n) is 9.68. The Balaban J connectivity index is 1.53. The van der Waals surface area contributed by atoms with E-state index in [1.165, 1.54) is 24.4 Å². The molecule has 0 spiro atoms. The lowest BCUT2D eigenvalue weighted by Gasteiger charge is -2.31. The van der Waals surface area contributed by atoms with Crippen molar-refractivity contribution < 1.29 is 27.8 Å². The molecule has 0 aliphatic carbocycles. The van der Waals surface area contributed by atoms with E-state index in [9.17, 15) is 18.7 Å². The molecule has 4 atom stereocenters. The molecule has 2 aliphatic rings. The monoisotopic (exact) mass is 672 g/mol. The summed E-state index contributed by atoms with van der Waals surface area (Å²) in [6.45, 7) is 8.27. The molecule has 0 radical (unpaired) electrons. The van der Waals surface area contributed by atoms with Crippen LogP contribution in [0, 0.1) is 24.0 Å². The number of aromatic nitrogens is 3. The van der Waals surface area contributed by atoms with Crippen molar-refractivity contribution in [2.24, 2.45) is 0 Å². The summed E-state index contributed by atoms with van der Waals surface area (Å²) in [5.74, 6) is 0.990. The SMILES string of the molecule is C#Cc1c(F)ccc2cc([C@@H](C)O)cc(-c3ncc4c(N5CCCCC(NC(=O)C=C)C5)nc(OC[C@]5(C)C[C@@H](F)CN5C)nc4c3F)c12. The first-order chi connectivity index (χ1) is 23.4. The normalized spacial score (nSPS) is 22.1. The van der Waals surface area contributed by atoms with Crippen LogP contribution in [0.15, 0.2) is 43.1 Å². The fraction of sp³-hybridized carbons (Fsp3) is 0.405. The Morgan fingerprint density at radius 3 is 2.78 bits per heavy atom. The zero-order valence-electron chi connectivity index (χ0n) is 27.8. The number of likely N-dealkylation sites (N-methyl/N-ethyl adjacent to an activating group) is 1. The van der Waals surface area contributed by atoms with Gasteiger partial charge in [0, 0.05) is 49.2 Å². The highest BCUT2D eigenvalue weighted by atomic mass is 19.1. The van der Waals surface area contributed by atoms with Gasteiger partial charge in [0.25, 0.3) is 0 Å². The van der Waals surface area contributed by atoms with Gasteiger partial charge >= 0.3 is 6.01 Å². The predicted octanol–water partition coefficient (Wildman–Crippen LogP) is 5.63. The largest absolute Gasteiger partial charge is 0.461 e. The van der Waals surface area contributed by atoms with Gasteiger partial charge in [0.1, 0.15) is 35.6 Å². The molecule has 6 rings (SSSR count). The molecular formula is C37H39F3N6O3. The van der Waals surface area contributed by atoms with Gasteiger partial charge in [0.05, 0.1) is 22.6 Å². The maximum atomic E-state index is 17.0. The number of anilines is 1. The molecule has 2 aromatic heterocycles. The van der Waals surface area contributed by atoms with Crippen LogP contribution in [-0.2, 0) is 4.79 Å². The molecule has 4 aromatic rings. The van der Waals surface area contributed by atoms with Crippen LogP contribution in [0.2, 0.25) is 0 Å². The summed E-state index contributed by atoms with van der Waals surface area (Å²) >= 11 is 0. The molecule has 2 aromatic carbocycles. The topological polar surface area (TPSA) is 104 Å². The molecule has 4 heterocycles. The molecule has 9 nitrogen and oxygen atoms in total. The Hall–Kier alpha value is -4.73. The van der Waals surface area contributed by atoms with Crippen LogP contribution in [-0.4, -0.2) is 81.9 Å². The standard InChI is InChI=1S/C37H39F3N6O3/c1-6-26-29(39)12-11-22-14-23(21(3)47)15-27(31(22)26)33-32(40)34-28(17-41-33)35(46-13-9-8-10-25(19-46)42-30(48)7-2)44-36(43-34)49-20-37(4)16-24(38)18-45(37)5/h1,7,11-12,14-15,17,21,24-25,47H,2,8-10,13,16,18-20H2,3-5H3,(H,42,48)/t21-,24-,25?,37+/m1/s1. The number of alkyl halides is 1. The van der Waals surface area contributed by atoms with Gasteiger partial charge in [-0.05, 0) is 75.4 Å². The van der Waals surface area contributed by atoms with Crippen LogP contribution in [0.3, 0.4) is 0 Å². The maximum Gasteiger partial charge on any atom is 0.319 e. The number of likely N-dealkylation sites (tertiary alicyclic amines) is 1. The molecule has 2 aliphatic heterocycles. The highest BCUT2D eigenvalue weighted by Crippen LogP contribution is 2.39. The molecule has 49 heavy (non-hydrogen) atoms. The Labute approximate surface area is 283 Å². The van der Waals surface area contributed by atoms with E-state index >= 15 is 4.39 Å². The van der Waals surface area contributed by atoms with Crippen LogP contribution in [0.25, 0.3) is 32.9 Å². The molecule has 2 N–H and O–H groups in total. The van der Waals surface area contributed by atoms with E-state index < -0.39 is 29.4 Å². The van der Waals surface area contributed by atoms with Crippen molar-refractivity contribution in [3.8, 4) is 29.6 Å². The molecular weight excluding hydrogens is 633 g/mol. The van der Waals surface area contributed by atoms with E-state index in [0.29, 0.717) is 35.2 Å². The smallest absolute Gasteiger partial charge is 0.319 e. The minimum absolute atomic E-state index is 0.0539. The first-order valence-corrected chi connectivity index (χ1v) is 16.4. The van der Waals surface area contributed by atoms with Crippen molar-refractivity contribution in [3.63, 3.8) is 0 Å². The molecule has 0 saturated carbocycles. The summed E-state index contributed by atoms with van der Waals surface area (Å²) in [6, 6.07) is 5.66. The number of carbonyl (C=O) groups excluding carboxylic acids is 1. The van der Waals surface area contributed by atoms with Crippen molar-refractivity contribution >= 4 is 33.4 Å². The number of ether oxygens (including phenoxy) is 1. The zero-order valence-corrected chi connectivity index (χ0v) is 27.8. The van der Waals surface area contributed by atoms with Gasteiger partial charge in [-0.3, -0.25) is 14.7 Å². The van der Waals surface area contributed by atoms with Gasteiger partial charge in [-0.1, -0.05) is 18.6 Å². The lowest BCUT2D eigenvalue weighted by atomic mass is 9.92. The van der Waals surface area contributed by atoms with E-state index in [4.69, 9.17) is 16.1 Å². The van der Waals surface area contributed by atoms with Crippen molar-refractivity contribution in [3.05, 3.63) is 65.9 Å². The van der Waals surface area contributed by atoms with Crippen LogP contribution in [0.5, 0.6) is 6.01 Å². The highest BCUT2D eigenvalue weighted by molar-refractivity contribution is 6.02. The number of halogens is 3. The number of benzene rings is 2. The average molecular weight is 673 g/mol. The van der Waals surface area contributed by atoms with Crippen LogP contribution >= 0.6 is 0 Å². The third kappa shape index (κ3) is 6.65. The number of rotatable bonds is 8. The Bertz CT molecular complexity index is 1980.